The Balaban J connectivity index is 1.56. The molecule has 2 N–H and O–H groups in total. The fraction of sp³-hybridized carbons (Fsp3) is 0.409. The van der Waals surface area contributed by atoms with E-state index in [2.05, 4.69) is 9.80 Å². The molecule has 8 heteroatoms. The van der Waals surface area contributed by atoms with Gasteiger partial charge in [-0.15, -0.1) is 0 Å². The van der Waals surface area contributed by atoms with Gasteiger partial charge in [-0.1, -0.05) is 6.07 Å². The van der Waals surface area contributed by atoms with E-state index in [0.717, 1.165) is 44.0 Å². The quantitative estimate of drug-likeness (QED) is 0.715. The van der Waals surface area contributed by atoms with Crippen LogP contribution in [0.5, 0.6) is 0 Å². The Morgan fingerprint density at radius 1 is 1.07 bits per heavy atom. The summed E-state index contributed by atoms with van der Waals surface area (Å²) in [5.74, 6) is -2.04. The Morgan fingerprint density at radius 2 is 1.73 bits per heavy atom. The van der Waals surface area contributed by atoms with Crippen molar-refractivity contribution in [2.75, 3.05) is 51.3 Å². The standard InChI is InChI=1S/C22H27F2N3O3/c1-25(13-16-2-7-20(23)21(24)12-16)22(30)17-3-5-18(6-4-17)27-10-8-26(9-11-27)14-19(29)15-28/h2-7,12,19,28-29H,8-11,13-15H2,1H3/t19-/m0/s1. The minimum atomic E-state index is -0.927. The number of carbonyl (C=O) groups is 1. The third-order valence-electron chi connectivity index (χ3n) is 5.28. The Bertz CT molecular complexity index is 855. The second-order valence-electron chi connectivity index (χ2n) is 7.58. The fourth-order valence-electron chi connectivity index (χ4n) is 3.56. The molecule has 30 heavy (non-hydrogen) atoms. The molecule has 1 amide bonds. The number of aliphatic hydroxyl groups is 2. The second-order valence-corrected chi connectivity index (χ2v) is 7.58. The van der Waals surface area contributed by atoms with Crippen LogP contribution >= 0.6 is 0 Å². The normalized spacial score (nSPS) is 15.8. The molecule has 0 radical (unpaired) electrons. The topological polar surface area (TPSA) is 67.3 Å². The van der Waals surface area contributed by atoms with E-state index >= 15 is 0 Å². The lowest BCUT2D eigenvalue weighted by Crippen LogP contribution is -2.49. The van der Waals surface area contributed by atoms with Gasteiger partial charge < -0.3 is 20.0 Å². The number of amides is 1. The number of piperazine rings is 1. The van der Waals surface area contributed by atoms with Crippen LogP contribution in [-0.2, 0) is 6.54 Å². The summed E-state index contributed by atoms with van der Waals surface area (Å²) in [6.07, 6.45) is -0.717. The smallest absolute Gasteiger partial charge is 0.253 e. The van der Waals surface area contributed by atoms with E-state index in [1.807, 2.05) is 12.1 Å². The molecule has 1 saturated heterocycles. The maximum absolute atomic E-state index is 13.4. The van der Waals surface area contributed by atoms with E-state index in [1.165, 1.54) is 11.0 Å². The van der Waals surface area contributed by atoms with Gasteiger partial charge in [0, 0.05) is 57.6 Å². The van der Waals surface area contributed by atoms with Gasteiger partial charge in [0.15, 0.2) is 11.6 Å². The minimum absolute atomic E-state index is 0.180. The molecule has 1 aliphatic rings. The summed E-state index contributed by atoms with van der Waals surface area (Å²) >= 11 is 0. The molecule has 0 unspecified atom stereocenters. The molecule has 0 aliphatic carbocycles. The molecule has 1 fully saturated rings. The Hall–Kier alpha value is -2.55. The molecule has 1 atom stereocenters. The third kappa shape index (κ3) is 5.53. The zero-order valence-electron chi connectivity index (χ0n) is 17.0. The van der Waals surface area contributed by atoms with Gasteiger partial charge in [0.1, 0.15) is 0 Å². The van der Waals surface area contributed by atoms with Gasteiger partial charge in [-0.05, 0) is 42.0 Å². The van der Waals surface area contributed by atoms with Crippen molar-refractivity contribution >= 4 is 11.6 Å². The Kier molecular flexibility index (Phi) is 7.36. The van der Waals surface area contributed by atoms with E-state index in [9.17, 15) is 18.7 Å². The highest BCUT2D eigenvalue weighted by Gasteiger charge is 2.20. The summed E-state index contributed by atoms with van der Waals surface area (Å²) in [7, 11) is 1.62. The molecular formula is C22H27F2N3O3. The van der Waals surface area contributed by atoms with Crippen molar-refractivity contribution in [2.45, 2.75) is 12.6 Å². The number of nitrogens with zero attached hydrogens (tertiary/aromatic N) is 3. The summed E-state index contributed by atoms with van der Waals surface area (Å²) in [6, 6.07) is 10.9. The Labute approximate surface area is 174 Å². The van der Waals surface area contributed by atoms with Crippen LogP contribution in [0.1, 0.15) is 15.9 Å². The van der Waals surface area contributed by atoms with Crippen LogP contribution in [0.15, 0.2) is 42.5 Å². The average Bonchev–Trinajstić information content (AvgIpc) is 2.76. The first-order chi connectivity index (χ1) is 14.4. The van der Waals surface area contributed by atoms with Crippen LogP contribution in [0, 0.1) is 11.6 Å². The van der Waals surface area contributed by atoms with Gasteiger partial charge in [-0.25, -0.2) is 8.78 Å². The van der Waals surface area contributed by atoms with Crippen molar-refractivity contribution < 1.29 is 23.8 Å². The molecule has 162 valence electrons. The highest BCUT2D eigenvalue weighted by molar-refractivity contribution is 5.94. The number of rotatable bonds is 7. The largest absolute Gasteiger partial charge is 0.394 e. The molecule has 6 nitrogen and oxygen atoms in total. The third-order valence-corrected chi connectivity index (χ3v) is 5.28. The number of halogens is 2. The van der Waals surface area contributed by atoms with Crippen molar-refractivity contribution in [3.8, 4) is 0 Å². The van der Waals surface area contributed by atoms with E-state index in [0.29, 0.717) is 17.7 Å². The molecule has 0 saturated carbocycles. The summed E-state index contributed by atoms with van der Waals surface area (Å²) in [5.41, 5.74) is 2.05. The number of benzene rings is 2. The van der Waals surface area contributed by atoms with Crippen molar-refractivity contribution in [3.63, 3.8) is 0 Å². The maximum atomic E-state index is 13.4. The van der Waals surface area contributed by atoms with E-state index in [4.69, 9.17) is 5.11 Å². The minimum Gasteiger partial charge on any atom is -0.394 e. The average molecular weight is 419 g/mol. The molecule has 1 heterocycles. The molecular weight excluding hydrogens is 392 g/mol. The number of hydrogen-bond donors (Lipinski definition) is 2. The van der Waals surface area contributed by atoms with Crippen molar-refractivity contribution in [3.05, 3.63) is 65.2 Å². The van der Waals surface area contributed by atoms with Crippen molar-refractivity contribution in [2.24, 2.45) is 0 Å². The molecule has 2 aromatic rings. The van der Waals surface area contributed by atoms with E-state index in [-0.39, 0.29) is 19.1 Å². The highest BCUT2D eigenvalue weighted by atomic mass is 19.2. The van der Waals surface area contributed by atoms with Gasteiger partial charge in [-0.3, -0.25) is 9.69 Å². The van der Waals surface area contributed by atoms with Crippen LogP contribution in [0.3, 0.4) is 0 Å². The highest BCUT2D eigenvalue weighted by Crippen LogP contribution is 2.19. The first-order valence-electron chi connectivity index (χ1n) is 9.93. The SMILES string of the molecule is CN(Cc1ccc(F)c(F)c1)C(=O)c1ccc(N2CCN(C[C@H](O)CO)CC2)cc1. The number of carbonyl (C=O) groups excluding carboxylic acids is 1. The number of β-amino-alcohol motifs (C(OH)–C–C–N with tert-alkyl or cyclic N) is 1. The van der Waals surface area contributed by atoms with Gasteiger partial charge in [0.25, 0.3) is 5.91 Å². The zero-order valence-corrected chi connectivity index (χ0v) is 17.0. The van der Waals surface area contributed by atoms with Crippen LogP contribution in [0.2, 0.25) is 0 Å². The maximum Gasteiger partial charge on any atom is 0.253 e. The number of hydrogen-bond acceptors (Lipinski definition) is 5. The lowest BCUT2D eigenvalue weighted by Gasteiger charge is -2.36. The van der Waals surface area contributed by atoms with Gasteiger partial charge in [0.2, 0.25) is 0 Å². The summed E-state index contributed by atoms with van der Waals surface area (Å²) < 4.78 is 26.4. The monoisotopic (exact) mass is 419 g/mol. The predicted molar refractivity (Wildman–Crippen MR) is 110 cm³/mol. The first-order valence-corrected chi connectivity index (χ1v) is 9.93. The predicted octanol–water partition coefficient (Wildman–Crippen LogP) is 1.71. The molecule has 0 aromatic heterocycles. The van der Waals surface area contributed by atoms with Crippen LogP contribution in [0.25, 0.3) is 0 Å². The van der Waals surface area contributed by atoms with Crippen LogP contribution in [-0.4, -0.2) is 78.4 Å². The second kappa shape index (κ2) is 9.97. The fourth-order valence-corrected chi connectivity index (χ4v) is 3.56. The van der Waals surface area contributed by atoms with E-state index < -0.39 is 17.7 Å². The van der Waals surface area contributed by atoms with Gasteiger partial charge in [0.05, 0.1) is 12.7 Å². The Morgan fingerprint density at radius 3 is 2.33 bits per heavy atom. The summed E-state index contributed by atoms with van der Waals surface area (Å²) in [4.78, 5) is 18.4. The molecule has 0 bridgehead atoms. The molecule has 2 aromatic carbocycles. The van der Waals surface area contributed by atoms with E-state index in [1.54, 1.807) is 19.2 Å². The molecule has 1 aliphatic heterocycles. The van der Waals surface area contributed by atoms with Crippen LogP contribution < -0.4 is 4.90 Å². The lowest BCUT2D eigenvalue weighted by molar-refractivity contribution is 0.0575. The summed E-state index contributed by atoms with van der Waals surface area (Å²) in [5, 5.41) is 18.5. The van der Waals surface area contributed by atoms with Gasteiger partial charge in [-0.2, -0.15) is 0 Å². The first kappa shape index (κ1) is 22.1. The van der Waals surface area contributed by atoms with Crippen molar-refractivity contribution in [1.29, 1.82) is 0 Å². The van der Waals surface area contributed by atoms with Crippen LogP contribution in [0.4, 0.5) is 14.5 Å². The van der Waals surface area contributed by atoms with Crippen molar-refractivity contribution in [1.82, 2.24) is 9.80 Å². The zero-order chi connectivity index (χ0) is 21.7. The number of aliphatic hydroxyl groups excluding tert-OH is 2. The number of anilines is 1. The lowest BCUT2D eigenvalue weighted by atomic mass is 10.1. The van der Waals surface area contributed by atoms with Gasteiger partial charge >= 0.3 is 0 Å². The summed E-state index contributed by atoms with van der Waals surface area (Å²) in [6.45, 7) is 3.56. The molecule has 3 rings (SSSR count). The molecule has 0 spiro atoms.